The minimum Gasteiger partial charge on any atom is -0.251 e. The Morgan fingerprint density at radius 1 is 0.923 bits per heavy atom. The molecule has 4 rings (SSSR count). The summed E-state index contributed by atoms with van der Waals surface area (Å²) < 4.78 is 27.2. The average Bonchev–Trinajstić information content (AvgIpc) is 3.02. The largest absolute Gasteiger partial charge is 0.269 e. The maximum absolute atomic E-state index is 13.1. The third-order valence-electron chi connectivity index (χ3n) is 3.76. The SMILES string of the molecule is O=S(=O)(c1ccccc1)n1cc(-c2cc(Cl)nc(Cl)c2)c2nccnc21. The van der Waals surface area contributed by atoms with Gasteiger partial charge in [-0.15, -0.1) is 0 Å². The predicted octanol–water partition coefficient (Wildman–Crippen LogP) is 4.04. The molecule has 0 atom stereocenters. The van der Waals surface area contributed by atoms with Crippen molar-refractivity contribution in [2.75, 3.05) is 0 Å². The van der Waals surface area contributed by atoms with Crippen molar-refractivity contribution >= 4 is 44.4 Å². The van der Waals surface area contributed by atoms with Gasteiger partial charge in [0.25, 0.3) is 10.0 Å². The van der Waals surface area contributed by atoms with Crippen molar-refractivity contribution in [3.05, 3.63) is 71.4 Å². The summed E-state index contributed by atoms with van der Waals surface area (Å²) in [6.07, 6.45) is 4.40. The Bertz CT molecular complexity index is 1200. The summed E-state index contributed by atoms with van der Waals surface area (Å²) in [6.45, 7) is 0. The second kappa shape index (κ2) is 6.35. The second-order valence-electron chi connectivity index (χ2n) is 5.39. The van der Waals surface area contributed by atoms with Gasteiger partial charge in [-0.3, -0.25) is 4.98 Å². The molecule has 0 bridgehead atoms. The fourth-order valence-corrected chi connectivity index (χ4v) is 4.44. The van der Waals surface area contributed by atoms with Crippen molar-refractivity contribution in [3.63, 3.8) is 0 Å². The molecule has 1 aromatic carbocycles. The van der Waals surface area contributed by atoms with Crippen molar-refractivity contribution in [2.45, 2.75) is 4.90 Å². The Balaban J connectivity index is 2.02. The first kappa shape index (κ1) is 17.0. The van der Waals surface area contributed by atoms with Crippen LogP contribution < -0.4 is 0 Å². The molecule has 3 aromatic heterocycles. The molecule has 0 unspecified atom stereocenters. The summed E-state index contributed by atoms with van der Waals surface area (Å²) in [4.78, 5) is 12.6. The van der Waals surface area contributed by atoms with Crippen LogP contribution in [0.4, 0.5) is 0 Å². The van der Waals surface area contributed by atoms with Crippen LogP contribution in [0, 0.1) is 0 Å². The molecule has 0 aliphatic heterocycles. The van der Waals surface area contributed by atoms with E-state index in [-0.39, 0.29) is 20.8 Å². The van der Waals surface area contributed by atoms with E-state index in [1.807, 2.05) is 0 Å². The lowest BCUT2D eigenvalue weighted by Crippen LogP contribution is -2.12. The van der Waals surface area contributed by atoms with E-state index in [0.29, 0.717) is 16.6 Å². The zero-order chi connectivity index (χ0) is 18.3. The molecule has 9 heteroatoms. The topological polar surface area (TPSA) is 77.7 Å². The number of rotatable bonds is 3. The molecule has 0 fully saturated rings. The molecule has 0 saturated heterocycles. The van der Waals surface area contributed by atoms with Gasteiger partial charge in [-0.2, -0.15) is 0 Å². The van der Waals surface area contributed by atoms with Gasteiger partial charge < -0.3 is 0 Å². The van der Waals surface area contributed by atoms with Gasteiger partial charge >= 0.3 is 0 Å². The molecule has 26 heavy (non-hydrogen) atoms. The van der Waals surface area contributed by atoms with E-state index in [9.17, 15) is 8.42 Å². The molecule has 6 nitrogen and oxygen atoms in total. The van der Waals surface area contributed by atoms with E-state index >= 15 is 0 Å². The highest BCUT2D eigenvalue weighted by molar-refractivity contribution is 7.90. The van der Waals surface area contributed by atoms with E-state index in [1.165, 1.54) is 30.7 Å². The molecular weight excluding hydrogens is 395 g/mol. The summed E-state index contributed by atoms with van der Waals surface area (Å²) in [7, 11) is -3.84. The monoisotopic (exact) mass is 404 g/mol. The first-order valence-corrected chi connectivity index (χ1v) is 9.62. The fraction of sp³-hybridized carbons (Fsp3) is 0. The summed E-state index contributed by atoms with van der Waals surface area (Å²) in [5.41, 5.74) is 1.78. The zero-order valence-electron chi connectivity index (χ0n) is 13.0. The lowest BCUT2D eigenvalue weighted by Gasteiger charge is -2.06. The van der Waals surface area contributed by atoms with Crippen LogP contribution in [-0.4, -0.2) is 27.3 Å². The number of nitrogens with zero attached hydrogens (tertiary/aromatic N) is 4. The summed E-state index contributed by atoms with van der Waals surface area (Å²) in [5.74, 6) is 0. The van der Waals surface area contributed by atoms with E-state index in [4.69, 9.17) is 23.2 Å². The lowest BCUT2D eigenvalue weighted by atomic mass is 10.1. The average molecular weight is 405 g/mol. The van der Waals surface area contributed by atoms with Crippen molar-refractivity contribution < 1.29 is 8.42 Å². The molecule has 4 aromatic rings. The Kier molecular flexibility index (Phi) is 4.14. The van der Waals surface area contributed by atoms with Gasteiger partial charge in [-0.1, -0.05) is 41.4 Å². The zero-order valence-corrected chi connectivity index (χ0v) is 15.4. The molecule has 0 N–H and O–H groups in total. The van der Waals surface area contributed by atoms with Crippen LogP contribution in [0.15, 0.2) is 66.0 Å². The Morgan fingerprint density at radius 2 is 1.58 bits per heavy atom. The summed E-state index contributed by atoms with van der Waals surface area (Å²) >= 11 is 12.0. The van der Waals surface area contributed by atoms with Crippen LogP contribution in [0.1, 0.15) is 0 Å². The first-order valence-electron chi connectivity index (χ1n) is 7.43. The van der Waals surface area contributed by atoms with Crippen molar-refractivity contribution in [3.8, 4) is 11.1 Å². The Labute approximate surface area is 159 Å². The lowest BCUT2D eigenvalue weighted by molar-refractivity contribution is 0.589. The Hall–Kier alpha value is -2.48. The van der Waals surface area contributed by atoms with Gasteiger partial charge in [0, 0.05) is 24.2 Å². The van der Waals surface area contributed by atoms with Gasteiger partial charge in [-0.25, -0.2) is 22.4 Å². The van der Waals surface area contributed by atoms with E-state index in [0.717, 1.165) is 3.97 Å². The molecule has 0 aliphatic carbocycles. The molecule has 0 spiro atoms. The fourth-order valence-electron chi connectivity index (χ4n) is 2.64. The molecule has 0 aliphatic rings. The van der Waals surface area contributed by atoms with Crippen LogP contribution in [0.5, 0.6) is 0 Å². The second-order valence-corrected chi connectivity index (χ2v) is 7.98. The number of aromatic nitrogens is 4. The highest BCUT2D eigenvalue weighted by Gasteiger charge is 2.23. The molecule has 0 amide bonds. The maximum Gasteiger partial charge on any atom is 0.269 e. The van der Waals surface area contributed by atoms with Crippen LogP contribution in [0.25, 0.3) is 22.3 Å². The van der Waals surface area contributed by atoms with Gasteiger partial charge in [0.15, 0.2) is 5.65 Å². The highest BCUT2D eigenvalue weighted by atomic mass is 35.5. The van der Waals surface area contributed by atoms with Crippen LogP contribution >= 0.6 is 23.2 Å². The molecular formula is C17H10Cl2N4O2S. The van der Waals surface area contributed by atoms with Gasteiger partial charge in [0.2, 0.25) is 0 Å². The van der Waals surface area contributed by atoms with Crippen molar-refractivity contribution in [1.82, 2.24) is 18.9 Å². The van der Waals surface area contributed by atoms with Gasteiger partial charge in [0.1, 0.15) is 15.8 Å². The standard InChI is InChI=1S/C17H10Cl2N4O2S/c18-14-8-11(9-15(19)22-14)13-10-23(17-16(13)20-6-7-21-17)26(24,25)12-4-2-1-3-5-12/h1-10H. The number of hydrogen-bond donors (Lipinski definition) is 0. The van der Waals surface area contributed by atoms with E-state index in [1.54, 1.807) is 30.3 Å². The molecule has 0 radical (unpaired) electrons. The van der Waals surface area contributed by atoms with Gasteiger partial charge in [-0.05, 0) is 29.8 Å². The molecule has 0 saturated carbocycles. The number of pyridine rings is 1. The third kappa shape index (κ3) is 2.84. The summed E-state index contributed by atoms with van der Waals surface area (Å²) in [6, 6.07) is 11.3. The third-order valence-corrected chi connectivity index (χ3v) is 5.81. The van der Waals surface area contributed by atoms with Crippen LogP contribution in [0.3, 0.4) is 0 Å². The first-order chi connectivity index (χ1) is 12.5. The number of halogens is 2. The van der Waals surface area contributed by atoms with Crippen LogP contribution in [0.2, 0.25) is 10.3 Å². The predicted molar refractivity (Wildman–Crippen MR) is 99.8 cm³/mol. The normalized spacial score (nSPS) is 11.8. The quantitative estimate of drug-likeness (QED) is 0.481. The summed E-state index contributed by atoms with van der Waals surface area (Å²) in [5, 5.41) is 0.395. The highest BCUT2D eigenvalue weighted by Crippen LogP contribution is 2.32. The van der Waals surface area contributed by atoms with Crippen molar-refractivity contribution in [2.24, 2.45) is 0 Å². The molecule has 130 valence electrons. The van der Waals surface area contributed by atoms with Gasteiger partial charge in [0.05, 0.1) is 4.90 Å². The number of hydrogen-bond acceptors (Lipinski definition) is 5. The van der Waals surface area contributed by atoms with Crippen LogP contribution in [-0.2, 0) is 10.0 Å². The number of fused-ring (bicyclic) bond motifs is 1. The maximum atomic E-state index is 13.1. The minimum absolute atomic E-state index is 0.153. The number of benzene rings is 1. The Morgan fingerprint density at radius 3 is 2.27 bits per heavy atom. The van der Waals surface area contributed by atoms with E-state index in [2.05, 4.69) is 15.0 Å². The molecule has 3 heterocycles. The van der Waals surface area contributed by atoms with E-state index < -0.39 is 10.0 Å². The van der Waals surface area contributed by atoms with Crippen molar-refractivity contribution in [1.29, 1.82) is 0 Å². The smallest absolute Gasteiger partial charge is 0.251 e. The minimum atomic E-state index is -3.84.